The van der Waals surface area contributed by atoms with Gasteiger partial charge < -0.3 is 20.2 Å². The van der Waals surface area contributed by atoms with E-state index >= 15 is 0 Å². The van der Waals surface area contributed by atoms with Gasteiger partial charge in [-0.3, -0.25) is 4.98 Å². The number of hydrogen-bond donors (Lipinski definition) is 2. The van der Waals surface area contributed by atoms with Gasteiger partial charge in [-0.05, 0) is 49.4 Å². The smallest absolute Gasteiger partial charge is 0.237 e. The molecule has 0 spiro atoms. The predicted molar refractivity (Wildman–Crippen MR) is 136 cm³/mol. The van der Waals surface area contributed by atoms with Gasteiger partial charge in [0.25, 0.3) is 0 Å². The van der Waals surface area contributed by atoms with Crippen LogP contribution < -0.4 is 15.4 Å². The molecular formula is C27H31ClN4O2. The molecule has 6 nitrogen and oxygen atoms in total. The molecule has 1 atom stereocenters. The first-order chi connectivity index (χ1) is 16.7. The number of fused-ring (bicyclic) bond motifs is 1. The Morgan fingerprint density at radius 3 is 2.74 bits per heavy atom. The first-order valence-electron chi connectivity index (χ1n) is 11.8. The van der Waals surface area contributed by atoms with Crippen LogP contribution in [0.15, 0.2) is 42.6 Å². The number of aldehydes is 1. The summed E-state index contributed by atoms with van der Waals surface area (Å²) in [6, 6.07) is 12.8. The third-order valence-electron chi connectivity index (χ3n) is 6.44. The highest BCUT2D eigenvalue weighted by Gasteiger charge is 2.19. The van der Waals surface area contributed by atoms with Crippen LogP contribution in [0.3, 0.4) is 0 Å². The molecule has 2 N–H and O–H groups in total. The van der Waals surface area contributed by atoms with Crippen molar-refractivity contribution in [2.75, 3.05) is 20.7 Å². The zero-order valence-corrected chi connectivity index (χ0v) is 20.5. The number of halogens is 1. The van der Waals surface area contributed by atoms with Gasteiger partial charge in [0.2, 0.25) is 5.88 Å². The van der Waals surface area contributed by atoms with Gasteiger partial charge in [-0.25, -0.2) is 4.98 Å². The third kappa shape index (κ3) is 5.30. The van der Waals surface area contributed by atoms with Gasteiger partial charge in [-0.1, -0.05) is 48.0 Å². The molecule has 1 aliphatic carbocycles. The van der Waals surface area contributed by atoms with Gasteiger partial charge in [0.05, 0.1) is 24.0 Å². The number of carbonyl (C=O) groups excluding carboxylic acids is 1. The molecule has 1 aromatic heterocycles. The van der Waals surface area contributed by atoms with Crippen LogP contribution in [0.2, 0.25) is 5.02 Å². The van der Waals surface area contributed by atoms with Crippen molar-refractivity contribution in [1.29, 1.82) is 0 Å². The van der Waals surface area contributed by atoms with E-state index < -0.39 is 0 Å². The number of benzene rings is 2. The fourth-order valence-corrected chi connectivity index (χ4v) is 4.93. The minimum absolute atomic E-state index is 0.212. The summed E-state index contributed by atoms with van der Waals surface area (Å²) in [6.07, 6.45) is 7.43. The molecule has 1 heterocycles. The standard InChI is InChI=1S/C27H31ClN4O2/c1-29-19(9-6-14-33)15-30-16-25-27(34-2)32-24(17-31-25)23-13-5-12-22(26(23)28)21-11-4-8-18-7-3-10-20(18)21/h4-5,8,11-14,17,19,29-30H,3,6-7,9-10,15-16H2,1-2H3. The summed E-state index contributed by atoms with van der Waals surface area (Å²) in [7, 11) is 3.50. The quantitative estimate of drug-likeness (QED) is 0.392. The molecular weight excluding hydrogens is 448 g/mol. The van der Waals surface area contributed by atoms with E-state index in [4.69, 9.17) is 21.3 Å². The second-order valence-electron chi connectivity index (χ2n) is 8.54. The number of carbonyl (C=O) groups is 1. The topological polar surface area (TPSA) is 76.1 Å². The number of aryl methyl sites for hydroxylation is 1. The Balaban J connectivity index is 1.56. The van der Waals surface area contributed by atoms with E-state index in [1.54, 1.807) is 13.3 Å². The molecule has 4 rings (SSSR count). The van der Waals surface area contributed by atoms with Gasteiger partial charge in [0.15, 0.2) is 0 Å². The summed E-state index contributed by atoms with van der Waals surface area (Å²) < 4.78 is 5.55. The Morgan fingerprint density at radius 2 is 1.94 bits per heavy atom. The lowest BCUT2D eigenvalue weighted by molar-refractivity contribution is -0.108. The number of nitrogens with zero attached hydrogens (tertiary/aromatic N) is 2. The molecule has 0 fully saturated rings. The fraction of sp³-hybridized carbons (Fsp3) is 0.370. The zero-order valence-electron chi connectivity index (χ0n) is 19.7. The summed E-state index contributed by atoms with van der Waals surface area (Å²) in [5.41, 5.74) is 7.30. The average Bonchev–Trinajstić information content (AvgIpc) is 3.36. The van der Waals surface area contributed by atoms with Crippen molar-refractivity contribution in [3.8, 4) is 28.3 Å². The fourth-order valence-electron chi connectivity index (χ4n) is 4.60. The molecule has 0 saturated carbocycles. The minimum atomic E-state index is 0.212. The Kier molecular flexibility index (Phi) is 8.27. The van der Waals surface area contributed by atoms with Gasteiger partial charge in [-0.2, -0.15) is 0 Å². The van der Waals surface area contributed by atoms with Crippen molar-refractivity contribution >= 4 is 17.9 Å². The minimum Gasteiger partial charge on any atom is -0.480 e. The van der Waals surface area contributed by atoms with E-state index in [2.05, 4.69) is 39.9 Å². The van der Waals surface area contributed by atoms with Gasteiger partial charge in [-0.15, -0.1) is 0 Å². The molecule has 178 valence electrons. The predicted octanol–water partition coefficient (Wildman–Crippen LogP) is 4.62. The Morgan fingerprint density at radius 1 is 1.15 bits per heavy atom. The zero-order chi connectivity index (χ0) is 23.9. The summed E-state index contributed by atoms with van der Waals surface area (Å²) in [4.78, 5) is 20.0. The summed E-state index contributed by atoms with van der Waals surface area (Å²) >= 11 is 6.94. The summed E-state index contributed by atoms with van der Waals surface area (Å²) in [5.74, 6) is 0.473. The Hall–Kier alpha value is -2.80. The van der Waals surface area contributed by atoms with Gasteiger partial charge in [0.1, 0.15) is 12.0 Å². The average molecular weight is 479 g/mol. The largest absolute Gasteiger partial charge is 0.480 e. The normalized spacial score (nSPS) is 13.5. The van der Waals surface area contributed by atoms with Crippen LogP contribution in [0.25, 0.3) is 22.4 Å². The molecule has 2 aromatic carbocycles. The molecule has 0 amide bonds. The van der Waals surface area contributed by atoms with Crippen molar-refractivity contribution in [3.05, 3.63) is 64.4 Å². The van der Waals surface area contributed by atoms with Crippen molar-refractivity contribution in [2.45, 2.75) is 44.7 Å². The molecule has 0 bridgehead atoms. The van der Waals surface area contributed by atoms with Crippen LogP contribution in [0.4, 0.5) is 0 Å². The van der Waals surface area contributed by atoms with Crippen molar-refractivity contribution < 1.29 is 9.53 Å². The van der Waals surface area contributed by atoms with Gasteiger partial charge in [0, 0.05) is 36.7 Å². The van der Waals surface area contributed by atoms with Crippen LogP contribution in [-0.2, 0) is 24.2 Å². The number of rotatable bonds is 11. The van der Waals surface area contributed by atoms with Crippen molar-refractivity contribution in [2.24, 2.45) is 0 Å². The monoisotopic (exact) mass is 478 g/mol. The summed E-state index contributed by atoms with van der Waals surface area (Å²) in [6.45, 7) is 1.23. The SMILES string of the molecule is CNC(CCC=O)CNCc1ncc(-c2cccc(-c3cccc4c3CCC4)c2Cl)nc1OC. The van der Waals surface area contributed by atoms with E-state index in [0.29, 0.717) is 36.1 Å². The number of ether oxygens (including phenoxy) is 1. The molecule has 3 aromatic rings. The highest BCUT2D eigenvalue weighted by molar-refractivity contribution is 6.36. The molecule has 1 aliphatic rings. The summed E-state index contributed by atoms with van der Waals surface area (Å²) in [5, 5.41) is 7.27. The van der Waals surface area contributed by atoms with E-state index in [1.165, 1.54) is 23.1 Å². The van der Waals surface area contributed by atoms with Crippen LogP contribution in [0, 0.1) is 0 Å². The molecule has 7 heteroatoms. The highest BCUT2D eigenvalue weighted by atomic mass is 35.5. The van der Waals surface area contributed by atoms with Gasteiger partial charge >= 0.3 is 0 Å². The van der Waals surface area contributed by atoms with E-state index in [1.807, 2.05) is 19.2 Å². The molecule has 1 unspecified atom stereocenters. The lowest BCUT2D eigenvalue weighted by Crippen LogP contribution is -2.36. The van der Waals surface area contributed by atoms with Crippen LogP contribution in [-0.4, -0.2) is 43.0 Å². The number of likely N-dealkylation sites (N-methyl/N-ethyl adjacent to an activating group) is 1. The maximum absolute atomic E-state index is 10.6. The molecule has 0 radical (unpaired) electrons. The van der Waals surface area contributed by atoms with E-state index in [0.717, 1.165) is 42.4 Å². The number of aromatic nitrogens is 2. The number of hydrogen-bond acceptors (Lipinski definition) is 6. The Bertz CT molecular complexity index is 1150. The molecule has 34 heavy (non-hydrogen) atoms. The maximum atomic E-state index is 10.6. The van der Waals surface area contributed by atoms with Crippen LogP contribution in [0.5, 0.6) is 5.88 Å². The Labute approximate surface area is 206 Å². The van der Waals surface area contributed by atoms with E-state index in [-0.39, 0.29) is 6.04 Å². The third-order valence-corrected chi connectivity index (χ3v) is 6.85. The first-order valence-corrected chi connectivity index (χ1v) is 12.2. The highest BCUT2D eigenvalue weighted by Crippen LogP contribution is 2.40. The van der Waals surface area contributed by atoms with Crippen LogP contribution in [0.1, 0.15) is 36.1 Å². The van der Waals surface area contributed by atoms with E-state index in [9.17, 15) is 4.79 Å². The second-order valence-corrected chi connectivity index (χ2v) is 8.91. The first kappa shape index (κ1) is 24.3. The number of methoxy groups -OCH3 is 1. The number of nitrogens with one attached hydrogen (secondary N) is 2. The van der Waals surface area contributed by atoms with Crippen LogP contribution >= 0.6 is 11.6 Å². The molecule has 0 saturated heterocycles. The molecule has 0 aliphatic heterocycles. The van der Waals surface area contributed by atoms with Crippen molar-refractivity contribution in [3.63, 3.8) is 0 Å². The van der Waals surface area contributed by atoms with Crippen molar-refractivity contribution in [1.82, 2.24) is 20.6 Å². The second kappa shape index (κ2) is 11.6. The lowest BCUT2D eigenvalue weighted by atomic mass is 9.95. The lowest BCUT2D eigenvalue weighted by Gasteiger charge is -2.16. The maximum Gasteiger partial charge on any atom is 0.237 e.